The predicted molar refractivity (Wildman–Crippen MR) is 76.2 cm³/mol. The lowest BCUT2D eigenvalue weighted by atomic mass is 10.1. The van der Waals surface area contributed by atoms with E-state index in [4.69, 9.17) is 0 Å². The molecule has 0 amide bonds. The molecule has 0 radical (unpaired) electrons. The zero-order valence-electron chi connectivity index (χ0n) is 10.7. The number of nitrogens with one attached hydrogen (secondary N) is 1. The first-order chi connectivity index (χ1) is 8.85. The van der Waals surface area contributed by atoms with Crippen LogP contribution < -0.4 is 5.32 Å². The highest BCUT2D eigenvalue weighted by Crippen LogP contribution is 2.28. The van der Waals surface area contributed by atoms with Gasteiger partial charge in [-0.25, -0.2) is 0 Å². The topological polar surface area (TPSA) is 32.3 Å². The fourth-order valence-electron chi connectivity index (χ4n) is 2.57. The van der Waals surface area contributed by atoms with Gasteiger partial charge in [-0.15, -0.1) is 11.8 Å². The number of hydrogen-bond acceptors (Lipinski definition) is 3. The summed E-state index contributed by atoms with van der Waals surface area (Å²) >= 11 is 1.87. The first kappa shape index (κ1) is 12.5. The molecule has 2 nitrogen and oxygen atoms in total. The molecule has 2 aliphatic carbocycles. The van der Waals surface area contributed by atoms with E-state index in [1.54, 1.807) is 0 Å². The van der Waals surface area contributed by atoms with E-state index >= 15 is 0 Å². The van der Waals surface area contributed by atoms with Crippen LogP contribution >= 0.6 is 11.8 Å². The maximum Gasteiger partial charge on any atom is 0.0592 e. The van der Waals surface area contributed by atoms with Gasteiger partial charge in [0.15, 0.2) is 0 Å². The van der Waals surface area contributed by atoms with Crippen LogP contribution in [0.5, 0.6) is 0 Å². The quantitative estimate of drug-likeness (QED) is 0.773. The van der Waals surface area contributed by atoms with Gasteiger partial charge < -0.3 is 10.4 Å². The molecule has 1 atom stereocenters. The fraction of sp³-hybridized carbons (Fsp3) is 0.600. The van der Waals surface area contributed by atoms with Crippen molar-refractivity contribution in [2.24, 2.45) is 0 Å². The Labute approximate surface area is 113 Å². The number of benzene rings is 1. The number of rotatable bonds is 6. The van der Waals surface area contributed by atoms with E-state index in [1.165, 1.54) is 48.1 Å². The van der Waals surface area contributed by atoms with Gasteiger partial charge in [-0.3, -0.25) is 0 Å². The summed E-state index contributed by atoms with van der Waals surface area (Å²) in [5.74, 6) is 0.964. The highest BCUT2D eigenvalue weighted by Gasteiger charge is 2.24. The van der Waals surface area contributed by atoms with E-state index in [9.17, 15) is 5.11 Å². The van der Waals surface area contributed by atoms with Crippen molar-refractivity contribution < 1.29 is 5.11 Å². The third-order valence-corrected chi connectivity index (χ3v) is 4.95. The lowest BCUT2D eigenvalue weighted by molar-refractivity contribution is 0.253. The standard InChI is InChI=1S/C15H21NOS/c17-9-14(16-13-5-6-13)10-18-15-7-4-11-2-1-3-12(11)8-15/h4,7-8,13-14,16-17H,1-3,5-6,9-10H2. The summed E-state index contributed by atoms with van der Waals surface area (Å²) in [5, 5.41) is 12.9. The largest absolute Gasteiger partial charge is 0.395 e. The molecule has 1 fully saturated rings. The summed E-state index contributed by atoms with van der Waals surface area (Å²) in [6, 6.07) is 7.78. The maximum absolute atomic E-state index is 9.36. The van der Waals surface area contributed by atoms with Crippen LogP contribution in [-0.4, -0.2) is 29.5 Å². The number of aryl methyl sites for hydroxylation is 2. The van der Waals surface area contributed by atoms with Gasteiger partial charge in [-0.05, 0) is 55.4 Å². The van der Waals surface area contributed by atoms with Gasteiger partial charge in [0.05, 0.1) is 6.61 Å². The van der Waals surface area contributed by atoms with Gasteiger partial charge in [-0.2, -0.15) is 0 Å². The van der Waals surface area contributed by atoms with Crippen LogP contribution in [0.4, 0.5) is 0 Å². The van der Waals surface area contributed by atoms with Crippen molar-refractivity contribution in [3.63, 3.8) is 0 Å². The van der Waals surface area contributed by atoms with Gasteiger partial charge in [-0.1, -0.05) is 6.07 Å². The highest BCUT2D eigenvalue weighted by atomic mass is 32.2. The van der Waals surface area contributed by atoms with Gasteiger partial charge in [0.2, 0.25) is 0 Å². The number of aliphatic hydroxyl groups excluding tert-OH is 1. The fourth-order valence-corrected chi connectivity index (χ4v) is 3.56. The van der Waals surface area contributed by atoms with Crippen molar-refractivity contribution in [2.45, 2.75) is 49.1 Å². The van der Waals surface area contributed by atoms with Gasteiger partial charge >= 0.3 is 0 Å². The molecule has 1 aromatic carbocycles. The molecular formula is C15H21NOS. The van der Waals surface area contributed by atoms with E-state index in [1.807, 2.05) is 11.8 Å². The van der Waals surface area contributed by atoms with E-state index in [0.717, 1.165) is 5.75 Å². The molecule has 18 heavy (non-hydrogen) atoms. The van der Waals surface area contributed by atoms with Crippen molar-refractivity contribution >= 4 is 11.8 Å². The number of hydrogen-bond donors (Lipinski definition) is 2. The third kappa shape index (κ3) is 3.08. The Morgan fingerprint density at radius 2 is 2.11 bits per heavy atom. The molecule has 0 aliphatic heterocycles. The van der Waals surface area contributed by atoms with E-state index in [-0.39, 0.29) is 12.6 Å². The number of aliphatic hydroxyl groups is 1. The van der Waals surface area contributed by atoms with Crippen LogP contribution in [-0.2, 0) is 12.8 Å². The average Bonchev–Trinajstić information content (AvgIpc) is 3.09. The molecule has 2 N–H and O–H groups in total. The summed E-state index contributed by atoms with van der Waals surface area (Å²) in [6.45, 7) is 0.244. The van der Waals surface area contributed by atoms with Crippen molar-refractivity contribution in [3.8, 4) is 0 Å². The SMILES string of the molecule is OCC(CSc1ccc2c(c1)CCC2)NC1CC1. The molecule has 2 aliphatic rings. The monoisotopic (exact) mass is 263 g/mol. The van der Waals surface area contributed by atoms with Crippen LogP contribution in [0.1, 0.15) is 30.4 Å². The van der Waals surface area contributed by atoms with Crippen molar-refractivity contribution in [1.29, 1.82) is 0 Å². The minimum atomic E-state index is 0.244. The molecule has 0 spiro atoms. The number of thioether (sulfide) groups is 1. The van der Waals surface area contributed by atoms with Crippen molar-refractivity contribution in [3.05, 3.63) is 29.3 Å². The molecular weight excluding hydrogens is 242 g/mol. The zero-order chi connectivity index (χ0) is 12.4. The van der Waals surface area contributed by atoms with Crippen LogP contribution in [0.3, 0.4) is 0 Å². The Kier molecular flexibility index (Phi) is 3.92. The van der Waals surface area contributed by atoms with E-state index < -0.39 is 0 Å². The van der Waals surface area contributed by atoms with E-state index in [2.05, 4.69) is 23.5 Å². The normalized spacial score (nSPS) is 19.8. The van der Waals surface area contributed by atoms with Gasteiger partial charge in [0.25, 0.3) is 0 Å². The Hall–Kier alpha value is -0.510. The summed E-state index contributed by atoms with van der Waals surface area (Å²) in [5.41, 5.74) is 3.07. The highest BCUT2D eigenvalue weighted by molar-refractivity contribution is 7.99. The second-order valence-corrected chi connectivity index (χ2v) is 6.51. The van der Waals surface area contributed by atoms with Crippen LogP contribution in [0, 0.1) is 0 Å². The molecule has 1 aromatic rings. The first-order valence-electron chi connectivity index (χ1n) is 6.96. The smallest absolute Gasteiger partial charge is 0.0592 e. The minimum Gasteiger partial charge on any atom is -0.395 e. The second kappa shape index (κ2) is 5.64. The maximum atomic E-state index is 9.36. The van der Waals surface area contributed by atoms with Gasteiger partial charge in [0, 0.05) is 22.7 Å². The summed E-state index contributed by atoms with van der Waals surface area (Å²) < 4.78 is 0. The Balaban J connectivity index is 1.55. The summed E-state index contributed by atoms with van der Waals surface area (Å²) in [6.07, 6.45) is 6.36. The van der Waals surface area contributed by atoms with Crippen molar-refractivity contribution in [2.75, 3.05) is 12.4 Å². The van der Waals surface area contributed by atoms with Crippen LogP contribution in [0.25, 0.3) is 0 Å². The summed E-state index contributed by atoms with van der Waals surface area (Å²) in [4.78, 5) is 1.35. The molecule has 0 saturated heterocycles. The molecule has 0 heterocycles. The molecule has 0 bridgehead atoms. The first-order valence-corrected chi connectivity index (χ1v) is 7.95. The predicted octanol–water partition coefficient (Wildman–Crippen LogP) is 2.38. The van der Waals surface area contributed by atoms with Crippen LogP contribution in [0.15, 0.2) is 23.1 Å². The number of fused-ring (bicyclic) bond motifs is 1. The summed E-state index contributed by atoms with van der Waals surface area (Å²) in [7, 11) is 0. The average molecular weight is 263 g/mol. The lowest BCUT2D eigenvalue weighted by Crippen LogP contribution is -2.36. The Morgan fingerprint density at radius 3 is 2.89 bits per heavy atom. The Morgan fingerprint density at radius 1 is 1.28 bits per heavy atom. The zero-order valence-corrected chi connectivity index (χ0v) is 11.5. The second-order valence-electron chi connectivity index (χ2n) is 5.42. The third-order valence-electron chi connectivity index (χ3n) is 3.79. The molecule has 0 aromatic heterocycles. The minimum absolute atomic E-state index is 0.244. The van der Waals surface area contributed by atoms with Gasteiger partial charge in [0.1, 0.15) is 0 Å². The molecule has 1 unspecified atom stereocenters. The van der Waals surface area contributed by atoms with E-state index in [0.29, 0.717) is 6.04 Å². The Bertz CT molecular complexity index is 417. The molecule has 3 heteroatoms. The molecule has 98 valence electrons. The lowest BCUT2D eigenvalue weighted by Gasteiger charge is -2.15. The molecule has 3 rings (SSSR count). The van der Waals surface area contributed by atoms with Crippen LogP contribution in [0.2, 0.25) is 0 Å². The van der Waals surface area contributed by atoms with Crippen molar-refractivity contribution in [1.82, 2.24) is 5.32 Å². The molecule has 1 saturated carbocycles.